The summed E-state index contributed by atoms with van der Waals surface area (Å²) < 4.78 is 38.9. The average molecular weight is 420 g/mol. The molecule has 0 spiro atoms. The van der Waals surface area contributed by atoms with Crippen molar-refractivity contribution >= 4 is 15.9 Å². The van der Waals surface area contributed by atoms with E-state index in [1.54, 1.807) is 24.0 Å². The number of nitrogens with zero attached hydrogens (tertiary/aromatic N) is 3. The summed E-state index contributed by atoms with van der Waals surface area (Å²) in [5.41, 5.74) is 1.11. The molecule has 1 saturated carbocycles. The number of carbonyl (C=O) groups is 1. The quantitative estimate of drug-likeness (QED) is 0.783. The molecule has 1 saturated heterocycles. The predicted octanol–water partition coefficient (Wildman–Crippen LogP) is 1.74. The first kappa shape index (κ1) is 20.0. The van der Waals surface area contributed by atoms with Crippen LogP contribution in [-0.4, -0.2) is 61.7 Å². The highest BCUT2D eigenvalue weighted by Crippen LogP contribution is 2.26. The molecule has 1 aliphatic heterocycles. The van der Waals surface area contributed by atoms with Crippen LogP contribution < -0.4 is 4.72 Å². The van der Waals surface area contributed by atoms with Crippen molar-refractivity contribution in [1.82, 2.24) is 19.8 Å². The summed E-state index contributed by atoms with van der Waals surface area (Å²) in [4.78, 5) is 18.5. The molecule has 9 nitrogen and oxygen atoms in total. The van der Waals surface area contributed by atoms with Crippen molar-refractivity contribution in [2.75, 3.05) is 26.3 Å². The SMILES string of the molecule is Cc1ccc(-c2noc(C(=O)N3CCOCC3)n2)cc1S(=O)(=O)NC1CCCC1. The zero-order chi connectivity index (χ0) is 20.4. The normalized spacial score (nSPS) is 18.3. The molecule has 1 N–H and O–H groups in total. The summed E-state index contributed by atoms with van der Waals surface area (Å²) in [6, 6.07) is 4.93. The lowest BCUT2D eigenvalue weighted by Gasteiger charge is -2.25. The van der Waals surface area contributed by atoms with Gasteiger partial charge in [-0.3, -0.25) is 4.79 Å². The van der Waals surface area contributed by atoms with Crippen molar-refractivity contribution < 1.29 is 22.5 Å². The number of hydrogen-bond acceptors (Lipinski definition) is 7. The van der Waals surface area contributed by atoms with Crippen molar-refractivity contribution in [3.05, 3.63) is 29.7 Å². The van der Waals surface area contributed by atoms with Gasteiger partial charge in [0.05, 0.1) is 18.1 Å². The molecule has 0 bridgehead atoms. The minimum Gasteiger partial charge on any atom is -0.378 e. The van der Waals surface area contributed by atoms with Gasteiger partial charge < -0.3 is 14.2 Å². The lowest BCUT2D eigenvalue weighted by Crippen LogP contribution is -2.40. The highest BCUT2D eigenvalue weighted by molar-refractivity contribution is 7.89. The van der Waals surface area contributed by atoms with E-state index in [1.807, 2.05) is 0 Å². The molecule has 10 heteroatoms. The fourth-order valence-corrected chi connectivity index (χ4v) is 5.26. The standard InChI is InChI=1S/C19H24N4O5S/c1-13-6-7-14(12-16(13)29(25,26)22-15-4-2-3-5-15)17-20-18(28-21-17)19(24)23-8-10-27-11-9-23/h6-7,12,15,22H,2-5,8-11H2,1H3. The summed E-state index contributed by atoms with van der Waals surface area (Å²) in [6.45, 7) is 3.63. The summed E-state index contributed by atoms with van der Waals surface area (Å²) in [6.07, 6.45) is 3.79. The smallest absolute Gasteiger partial charge is 0.316 e. The molecular weight excluding hydrogens is 396 g/mol. The Balaban J connectivity index is 1.57. The Hall–Kier alpha value is -2.30. The van der Waals surface area contributed by atoms with Gasteiger partial charge in [0.1, 0.15) is 0 Å². The maximum Gasteiger partial charge on any atom is 0.316 e. The lowest BCUT2D eigenvalue weighted by molar-refractivity contribution is 0.0272. The first-order valence-electron chi connectivity index (χ1n) is 9.78. The molecule has 156 valence electrons. The van der Waals surface area contributed by atoms with Gasteiger partial charge in [0.15, 0.2) is 0 Å². The largest absolute Gasteiger partial charge is 0.378 e. The molecule has 4 rings (SSSR count). The van der Waals surface area contributed by atoms with Crippen LogP contribution in [0.3, 0.4) is 0 Å². The van der Waals surface area contributed by atoms with E-state index < -0.39 is 10.0 Å². The van der Waals surface area contributed by atoms with Gasteiger partial charge in [0, 0.05) is 24.7 Å². The number of nitrogens with one attached hydrogen (secondary N) is 1. The van der Waals surface area contributed by atoms with Crippen LogP contribution in [0.25, 0.3) is 11.4 Å². The van der Waals surface area contributed by atoms with Gasteiger partial charge >= 0.3 is 11.8 Å². The zero-order valence-corrected chi connectivity index (χ0v) is 17.1. The van der Waals surface area contributed by atoms with Gasteiger partial charge in [-0.05, 0) is 31.4 Å². The number of sulfonamides is 1. The fraction of sp³-hybridized carbons (Fsp3) is 0.526. The number of ether oxygens (including phenoxy) is 1. The van der Waals surface area contributed by atoms with Crippen molar-refractivity contribution in [3.8, 4) is 11.4 Å². The van der Waals surface area contributed by atoms with Crippen LogP contribution in [0.2, 0.25) is 0 Å². The van der Waals surface area contributed by atoms with Gasteiger partial charge in [0.25, 0.3) is 0 Å². The fourth-order valence-electron chi connectivity index (χ4n) is 3.68. The van der Waals surface area contributed by atoms with Crippen molar-refractivity contribution in [2.45, 2.75) is 43.5 Å². The molecule has 1 aromatic heterocycles. The highest BCUT2D eigenvalue weighted by Gasteiger charge is 2.27. The monoisotopic (exact) mass is 420 g/mol. The Morgan fingerprint density at radius 3 is 2.66 bits per heavy atom. The van der Waals surface area contributed by atoms with Gasteiger partial charge in [-0.2, -0.15) is 4.98 Å². The molecule has 29 heavy (non-hydrogen) atoms. The first-order valence-corrected chi connectivity index (χ1v) is 11.3. The van der Waals surface area contributed by atoms with Gasteiger partial charge in [-0.25, -0.2) is 13.1 Å². The molecule has 2 heterocycles. The number of aromatic nitrogens is 2. The van der Waals surface area contributed by atoms with Crippen LogP contribution in [0.4, 0.5) is 0 Å². The first-order chi connectivity index (χ1) is 13.9. The highest BCUT2D eigenvalue weighted by atomic mass is 32.2. The van der Waals surface area contributed by atoms with E-state index in [-0.39, 0.29) is 28.6 Å². The molecule has 0 atom stereocenters. The van der Waals surface area contributed by atoms with Crippen LogP contribution in [0.15, 0.2) is 27.6 Å². The second-order valence-corrected chi connectivity index (χ2v) is 9.09. The Kier molecular flexibility index (Phi) is 5.66. The average Bonchev–Trinajstić information content (AvgIpc) is 3.40. The maximum absolute atomic E-state index is 12.9. The summed E-state index contributed by atoms with van der Waals surface area (Å²) in [5.74, 6) is -0.287. The van der Waals surface area contributed by atoms with Crippen molar-refractivity contribution in [3.63, 3.8) is 0 Å². The molecule has 0 radical (unpaired) electrons. The molecule has 1 aliphatic carbocycles. The van der Waals surface area contributed by atoms with E-state index in [9.17, 15) is 13.2 Å². The predicted molar refractivity (Wildman–Crippen MR) is 104 cm³/mol. The van der Waals surface area contributed by atoms with Crippen LogP contribution in [0, 0.1) is 6.92 Å². The Morgan fingerprint density at radius 2 is 1.93 bits per heavy atom. The summed E-state index contributed by atoms with van der Waals surface area (Å²) >= 11 is 0. The van der Waals surface area contributed by atoms with Gasteiger partial charge in [-0.15, -0.1) is 0 Å². The maximum atomic E-state index is 12.9. The van der Waals surface area contributed by atoms with E-state index in [4.69, 9.17) is 9.26 Å². The minimum absolute atomic E-state index is 0.0222. The molecule has 2 aliphatic rings. The number of morpholine rings is 1. The number of rotatable bonds is 5. The lowest BCUT2D eigenvalue weighted by atomic mass is 10.1. The number of hydrogen-bond donors (Lipinski definition) is 1. The zero-order valence-electron chi connectivity index (χ0n) is 16.3. The van der Waals surface area contributed by atoms with Crippen LogP contribution in [-0.2, 0) is 14.8 Å². The van der Waals surface area contributed by atoms with Crippen molar-refractivity contribution in [2.24, 2.45) is 0 Å². The van der Waals surface area contributed by atoms with E-state index in [2.05, 4.69) is 14.9 Å². The second-order valence-electron chi connectivity index (χ2n) is 7.41. The Labute approximate surface area is 169 Å². The summed E-state index contributed by atoms with van der Waals surface area (Å²) in [5, 5.41) is 3.88. The number of aryl methyl sites for hydroxylation is 1. The molecular formula is C19H24N4O5S. The van der Waals surface area contributed by atoms with Crippen molar-refractivity contribution in [1.29, 1.82) is 0 Å². The summed E-state index contributed by atoms with van der Waals surface area (Å²) in [7, 11) is -3.66. The third kappa shape index (κ3) is 4.34. The second kappa shape index (κ2) is 8.21. The topological polar surface area (TPSA) is 115 Å². The van der Waals surface area contributed by atoms with Gasteiger partial charge in [0.2, 0.25) is 15.8 Å². The molecule has 1 aromatic carbocycles. The van der Waals surface area contributed by atoms with Gasteiger partial charge in [-0.1, -0.05) is 30.1 Å². The van der Waals surface area contributed by atoms with Crippen LogP contribution >= 0.6 is 0 Å². The Bertz CT molecular complexity index is 992. The number of carbonyl (C=O) groups excluding carboxylic acids is 1. The molecule has 2 aromatic rings. The molecule has 0 unspecified atom stereocenters. The Morgan fingerprint density at radius 1 is 1.21 bits per heavy atom. The third-order valence-electron chi connectivity index (χ3n) is 5.32. The number of amides is 1. The number of benzene rings is 1. The van der Waals surface area contributed by atoms with Crippen LogP contribution in [0.5, 0.6) is 0 Å². The third-order valence-corrected chi connectivity index (χ3v) is 6.98. The minimum atomic E-state index is -3.66. The van der Waals surface area contributed by atoms with E-state index in [0.717, 1.165) is 25.7 Å². The van der Waals surface area contributed by atoms with E-state index in [1.165, 1.54) is 6.07 Å². The molecule has 2 fully saturated rings. The molecule has 1 amide bonds. The van der Waals surface area contributed by atoms with E-state index >= 15 is 0 Å². The van der Waals surface area contributed by atoms with Crippen LogP contribution in [0.1, 0.15) is 41.9 Å². The van der Waals surface area contributed by atoms with E-state index in [0.29, 0.717) is 37.4 Å².